The normalized spacial score (nSPS) is 11.3. The molecule has 2 N–H and O–H groups in total. The van der Waals surface area contributed by atoms with Crippen molar-refractivity contribution >= 4 is 17.3 Å². The minimum Gasteiger partial charge on any atom is -0.353 e. The summed E-state index contributed by atoms with van der Waals surface area (Å²) in [6, 6.07) is 0. The number of carbonyl (C=O) groups is 1. The van der Waals surface area contributed by atoms with Crippen LogP contribution in [-0.2, 0) is 20.3 Å². The highest BCUT2D eigenvalue weighted by Crippen LogP contribution is 1.80. The Bertz CT molecular complexity index is 222. The van der Waals surface area contributed by atoms with Crippen LogP contribution in [0.4, 0.5) is 0 Å². The topological polar surface area (TPSA) is 78.9 Å². The molecular formula is C9H20N2O4S. The zero-order valence-electron chi connectivity index (χ0n) is 9.93. The summed E-state index contributed by atoms with van der Waals surface area (Å²) in [5, 5.41) is 2.70. The maximum atomic E-state index is 10.6. The molecule has 0 aliphatic carbocycles. The SMILES string of the molecule is C=CC(=O)NCCCN(C)C.COS(=O)O. The first kappa shape index (κ1) is 17.6. The number of nitrogens with one attached hydrogen (secondary N) is 1. The van der Waals surface area contributed by atoms with Gasteiger partial charge in [0.2, 0.25) is 5.91 Å². The molecule has 7 heteroatoms. The number of hydrogen-bond acceptors (Lipinski definition) is 4. The molecule has 0 saturated heterocycles. The lowest BCUT2D eigenvalue weighted by molar-refractivity contribution is -0.116. The molecular weight excluding hydrogens is 232 g/mol. The Hall–Kier alpha value is -0.760. The molecule has 0 aromatic rings. The summed E-state index contributed by atoms with van der Waals surface area (Å²) >= 11 is -2.07. The summed E-state index contributed by atoms with van der Waals surface area (Å²) < 4.78 is 20.6. The van der Waals surface area contributed by atoms with E-state index in [9.17, 15) is 9.00 Å². The van der Waals surface area contributed by atoms with E-state index < -0.39 is 11.4 Å². The van der Waals surface area contributed by atoms with Crippen LogP contribution in [0.1, 0.15) is 6.42 Å². The smallest absolute Gasteiger partial charge is 0.301 e. The molecule has 0 aliphatic heterocycles. The Morgan fingerprint density at radius 2 is 2.12 bits per heavy atom. The summed E-state index contributed by atoms with van der Waals surface area (Å²) in [6.07, 6.45) is 2.27. The molecule has 1 unspecified atom stereocenters. The second kappa shape index (κ2) is 12.3. The van der Waals surface area contributed by atoms with Crippen molar-refractivity contribution in [2.45, 2.75) is 6.42 Å². The van der Waals surface area contributed by atoms with Gasteiger partial charge in [-0.15, -0.1) is 0 Å². The first-order chi connectivity index (χ1) is 7.43. The standard InChI is InChI=1S/C8H16N2O.CH4O3S/c1-4-8(11)9-6-5-7-10(2)3;1-4-5(2)3/h4H,1,5-7H2,2-3H3,(H,9,11);1H3,(H,2,3). The van der Waals surface area contributed by atoms with Crippen molar-refractivity contribution in [3.63, 3.8) is 0 Å². The van der Waals surface area contributed by atoms with Crippen molar-refractivity contribution in [2.24, 2.45) is 0 Å². The van der Waals surface area contributed by atoms with Crippen molar-refractivity contribution in [3.05, 3.63) is 12.7 Å². The fourth-order valence-electron chi connectivity index (χ4n) is 0.679. The predicted octanol–water partition coefficient (Wildman–Crippen LogP) is 0.00980. The quantitative estimate of drug-likeness (QED) is 0.395. The van der Waals surface area contributed by atoms with E-state index in [2.05, 4.69) is 21.0 Å². The third kappa shape index (κ3) is 18.9. The van der Waals surface area contributed by atoms with E-state index in [1.54, 1.807) is 0 Å². The lowest BCUT2D eigenvalue weighted by atomic mass is 10.4. The fourth-order valence-corrected chi connectivity index (χ4v) is 0.679. The monoisotopic (exact) mass is 252 g/mol. The van der Waals surface area contributed by atoms with Gasteiger partial charge < -0.3 is 10.2 Å². The van der Waals surface area contributed by atoms with Gasteiger partial charge in [0.1, 0.15) is 0 Å². The van der Waals surface area contributed by atoms with Gasteiger partial charge in [-0.05, 0) is 33.1 Å². The molecule has 0 bridgehead atoms. The van der Waals surface area contributed by atoms with Crippen molar-refractivity contribution in [1.82, 2.24) is 10.2 Å². The van der Waals surface area contributed by atoms with Crippen LogP contribution in [0.2, 0.25) is 0 Å². The van der Waals surface area contributed by atoms with Crippen LogP contribution >= 0.6 is 0 Å². The summed E-state index contributed by atoms with van der Waals surface area (Å²) in [5.41, 5.74) is 0. The minimum absolute atomic E-state index is 0.0937. The van der Waals surface area contributed by atoms with Crippen molar-refractivity contribution in [2.75, 3.05) is 34.3 Å². The van der Waals surface area contributed by atoms with Gasteiger partial charge in [-0.3, -0.25) is 13.5 Å². The first-order valence-electron chi connectivity index (χ1n) is 4.64. The Morgan fingerprint density at radius 1 is 1.62 bits per heavy atom. The van der Waals surface area contributed by atoms with Gasteiger partial charge >= 0.3 is 11.4 Å². The van der Waals surface area contributed by atoms with Crippen molar-refractivity contribution in [1.29, 1.82) is 0 Å². The molecule has 0 rings (SSSR count). The van der Waals surface area contributed by atoms with Gasteiger partial charge in [0.25, 0.3) is 0 Å². The lowest BCUT2D eigenvalue weighted by Gasteiger charge is -2.08. The number of nitrogens with zero attached hydrogens (tertiary/aromatic N) is 1. The van der Waals surface area contributed by atoms with Crippen LogP contribution in [0.25, 0.3) is 0 Å². The van der Waals surface area contributed by atoms with Gasteiger partial charge in [-0.25, -0.2) is 0 Å². The average molecular weight is 252 g/mol. The molecule has 16 heavy (non-hydrogen) atoms. The number of carbonyl (C=O) groups excluding carboxylic acids is 1. The first-order valence-corrected chi connectivity index (χ1v) is 5.67. The zero-order valence-corrected chi connectivity index (χ0v) is 10.7. The highest BCUT2D eigenvalue weighted by atomic mass is 32.2. The van der Waals surface area contributed by atoms with E-state index >= 15 is 0 Å². The molecule has 1 amide bonds. The third-order valence-corrected chi connectivity index (χ3v) is 1.69. The molecule has 0 heterocycles. The summed E-state index contributed by atoms with van der Waals surface area (Å²) in [5.74, 6) is -0.0937. The maximum Gasteiger partial charge on any atom is 0.301 e. The number of hydrogen-bond donors (Lipinski definition) is 2. The van der Waals surface area contributed by atoms with Gasteiger partial charge in [0, 0.05) is 6.54 Å². The van der Waals surface area contributed by atoms with Crippen molar-refractivity contribution < 1.29 is 17.7 Å². The van der Waals surface area contributed by atoms with E-state index in [1.165, 1.54) is 6.08 Å². The molecule has 1 atom stereocenters. The molecule has 0 aliphatic rings. The van der Waals surface area contributed by atoms with Crippen LogP contribution in [0.3, 0.4) is 0 Å². The van der Waals surface area contributed by atoms with E-state index in [-0.39, 0.29) is 5.91 Å². The second-order valence-corrected chi connectivity index (χ2v) is 3.80. The van der Waals surface area contributed by atoms with Gasteiger partial charge in [0.05, 0.1) is 7.11 Å². The molecule has 0 aromatic heterocycles. The van der Waals surface area contributed by atoms with Gasteiger partial charge in [-0.1, -0.05) is 6.58 Å². The Balaban J connectivity index is 0. The Morgan fingerprint density at radius 3 is 2.44 bits per heavy atom. The zero-order chi connectivity index (χ0) is 13.0. The van der Waals surface area contributed by atoms with E-state index in [0.29, 0.717) is 0 Å². The Labute approximate surface area is 99.1 Å². The summed E-state index contributed by atoms with van der Waals surface area (Å²) in [6.45, 7) is 5.07. The van der Waals surface area contributed by atoms with Crippen LogP contribution in [0, 0.1) is 0 Å². The van der Waals surface area contributed by atoms with Crippen LogP contribution in [-0.4, -0.2) is 53.9 Å². The van der Waals surface area contributed by atoms with Gasteiger partial charge in [0.15, 0.2) is 0 Å². The molecule has 96 valence electrons. The van der Waals surface area contributed by atoms with Crippen molar-refractivity contribution in [3.8, 4) is 0 Å². The van der Waals surface area contributed by atoms with Gasteiger partial charge in [-0.2, -0.15) is 4.21 Å². The van der Waals surface area contributed by atoms with E-state index in [4.69, 9.17) is 4.55 Å². The van der Waals surface area contributed by atoms with Crippen LogP contribution in [0.5, 0.6) is 0 Å². The van der Waals surface area contributed by atoms with E-state index in [1.807, 2.05) is 14.1 Å². The number of rotatable bonds is 6. The molecule has 6 nitrogen and oxygen atoms in total. The third-order valence-electron chi connectivity index (χ3n) is 1.41. The fraction of sp³-hybridized carbons (Fsp3) is 0.667. The predicted molar refractivity (Wildman–Crippen MR) is 64.2 cm³/mol. The minimum atomic E-state index is -2.07. The van der Waals surface area contributed by atoms with E-state index in [0.717, 1.165) is 26.6 Å². The molecule has 0 aromatic carbocycles. The summed E-state index contributed by atoms with van der Waals surface area (Å²) in [4.78, 5) is 12.7. The van der Waals surface area contributed by atoms with Crippen LogP contribution in [0.15, 0.2) is 12.7 Å². The lowest BCUT2D eigenvalue weighted by Crippen LogP contribution is -2.25. The Kier molecular flexibility index (Phi) is 13.6. The molecule has 0 spiro atoms. The number of amides is 1. The molecule has 0 radical (unpaired) electrons. The average Bonchev–Trinajstić information content (AvgIpc) is 2.24. The highest BCUT2D eigenvalue weighted by Gasteiger charge is 1.92. The largest absolute Gasteiger partial charge is 0.353 e. The molecule has 0 fully saturated rings. The maximum absolute atomic E-state index is 10.6. The highest BCUT2D eigenvalue weighted by molar-refractivity contribution is 7.74. The van der Waals surface area contributed by atoms with Crippen LogP contribution < -0.4 is 5.32 Å². The molecule has 0 saturated carbocycles. The summed E-state index contributed by atoms with van der Waals surface area (Å²) in [7, 11) is 5.17. The second-order valence-electron chi connectivity index (χ2n) is 3.04.